The quantitative estimate of drug-likeness (QED) is 0.564. The SMILES string of the molecule is O=C1NCCC[C@@H]1NC(=O)[C@H]1CN(C(=O)Nc2ccccc2)CCN1S(=O)(=O)c1ccc(F)cc1. The van der Waals surface area contributed by atoms with Crippen LogP contribution in [0.2, 0.25) is 0 Å². The maximum Gasteiger partial charge on any atom is 0.321 e. The van der Waals surface area contributed by atoms with Crippen molar-refractivity contribution in [2.24, 2.45) is 0 Å². The molecule has 2 heterocycles. The number of urea groups is 1. The summed E-state index contributed by atoms with van der Waals surface area (Å²) in [5.74, 6) is -1.62. The third-order valence-corrected chi connectivity index (χ3v) is 7.89. The molecule has 0 aliphatic carbocycles. The van der Waals surface area contributed by atoms with Gasteiger partial charge in [-0.15, -0.1) is 0 Å². The number of nitrogens with zero attached hydrogens (tertiary/aromatic N) is 2. The summed E-state index contributed by atoms with van der Waals surface area (Å²) >= 11 is 0. The molecule has 2 fully saturated rings. The fourth-order valence-corrected chi connectivity index (χ4v) is 5.67. The highest BCUT2D eigenvalue weighted by atomic mass is 32.2. The molecule has 2 aliphatic heterocycles. The van der Waals surface area contributed by atoms with Crippen LogP contribution in [0.4, 0.5) is 14.9 Å². The molecule has 12 heteroatoms. The van der Waals surface area contributed by atoms with Gasteiger partial charge in [0.05, 0.1) is 4.90 Å². The molecule has 35 heavy (non-hydrogen) atoms. The molecule has 2 aromatic carbocycles. The number of anilines is 1. The van der Waals surface area contributed by atoms with Crippen molar-refractivity contribution in [2.45, 2.75) is 29.8 Å². The standard InChI is InChI=1S/C23H26FN5O5S/c24-16-8-10-18(11-9-16)35(33,34)29-14-13-28(23(32)26-17-5-2-1-3-6-17)15-20(29)22(31)27-19-7-4-12-25-21(19)30/h1-3,5-6,8-11,19-20H,4,7,12-15H2,(H,25,30)(H,26,32)(H,27,31)/t19-,20+/m0/s1. The van der Waals surface area contributed by atoms with E-state index < -0.39 is 39.9 Å². The molecule has 4 amide bonds. The van der Waals surface area contributed by atoms with E-state index in [1.54, 1.807) is 30.3 Å². The Bertz CT molecular complexity index is 1190. The van der Waals surface area contributed by atoms with Crippen LogP contribution in [-0.4, -0.2) is 73.7 Å². The zero-order chi connectivity index (χ0) is 25.0. The van der Waals surface area contributed by atoms with Crippen LogP contribution in [0.25, 0.3) is 0 Å². The van der Waals surface area contributed by atoms with Crippen molar-refractivity contribution in [3.05, 3.63) is 60.4 Å². The van der Waals surface area contributed by atoms with Crippen molar-refractivity contribution in [1.29, 1.82) is 0 Å². The summed E-state index contributed by atoms with van der Waals surface area (Å²) in [5, 5.41) is 8.04. The van der Waals surface area contributed by atoms with Crippen molar-refractivity contribution in [3.63, 3.8) is 0 Å². The first-order valence-electron chi connectivity index (χ1n) is 11.2. The molecule has 2 atom stereocenters. The van der Waals surface area contributed by atoms with Crippen LogP contribution in [0, 0.1) is 5.82 Å². The molecule has 2 saturated heterocycles. The average molecular weight is 504 g/mol. The number of carbonyl (C=O) groups is 3. The van der Waals surface area contributed by atoms with Gasteiger partial charge in [0.25, 0.3) is 0 Å². The number of hydrogen-bond donors (Lipinski definition) is 3. The molecule has 0 saturated carbocycles. The minimum atomic E-state index is -4.19. The van der Waals surface area contributed by atoms with Crippen molar-refractivity contribution in [2.75, 3.05) is 31.5 Å². The van der Waals surface area contributed by atoms with Crippen LogP contribution in [0.15, 0.2) is 59.5 Å². The number of hydrogen-bond acceptors (Lipinski definition) is 5. The summed E-state index contributed by atoms with van der Waals surface area (Å²) in [5.41, 5.74) is 0.554. The normalized spacial score (nSPS) is 21.2. The zero-order valence-electron chi connectivity index (χ0n) is 18.8. The van der Waals surface area contributed by atoms with Crippen molar-refractivity contribution in [1.82, 2.24) is 19.8 Å². The van der Waals surface area contributed by atoms with E-state index in [0.29, 0.717) is 25.1 Å². The third kappa shape index (κ3) is 5.60. The van der Waals surface area contributed by atoms with Crippen molar-refractivity contribution >= 4 is 33.6 Å². The molecule has 0 unspecified atom stereocenters. The largest absolute Gasteiger partial charge is 0.354 e. The number of piperidine rings is 1. The molecule has 0 radical (unpaired) electrons. The number of nitrogens with one attached hydrogen (secondary N) is 3. The Morgan fingerprint density at radius 2 is 1.74 bits per heavy atom. The number of amides is 4. The highest BCUT2D eigenvalue weighted by Crippen LogP contribution is 2.23. The Morgan fingerprint density at radius 3 is 2.43 bits per heavy atom. The Morgan fingerprint density at radius 1 is 1.03 bits per heavy atom. The van der Waals surface area contributed by atoms with E-state index in [1.165, 1.54) is 4.90 Å². The van der Waals surface area contributed by atoms with E-state index in [1.807, 2.05) is 0 Å². The topological polar surface area (TPSA) is 128 Å². The number of rotatable bonds is 5. The predicted octanol–water partition coefficient (Wildman–Crippen LogP) is 1.13. The maximum atomic E-state index is 13.4. The predicted molar refractivity (Wildman–Crippen MR) is 125 cm³/mol. The van der Waals surface area contributed by atoms with Gasteiger partial charge in [-0.05, 0) is 49.2 Å². The fraction of sp³-hybridized carbons (Fsp3) is 0.348. The number of piperazine rings is 1. The number of sulfonamides is 1. The first-order chi connectivity index (χ1) is 16.8. The summed E-state index contributed by atoms with van der Waals surface area (Å²) in [6.45, 7) is 0.163. The molecule has 0 bridgehead atoms. The van der Waals surface area contributed by atoms with Gasteiger partial charge in [-0.25, -0.2) is 17.6 Å². The molecular weight excluding hydrogens is 477 g/mol. The lowest BCUT2D eigenvalue weighted by Gasteiger charge is -2.40. The van der Waals surface area contributed by atoms with E-state index in [-0.39, 0.29) is 30.4 Å². The van der Waals surface area contributed by atoms with Crippen LogP contribution in [0.1, 0.15) is 12.8 Å². The van der Waals surface area contributed by atoms with E-state index in [4.69, 9.17) is 0 Å². The molecular formula is C23H26FN5O5S. The number of para-hydroxylation sites is 1. The second kappa shape index (κ2) is 10.4. The molecule has 10 nitrogen and oxygen atoms in total. The Hall–Kier alpha value is -3.51. The first kappa shape index (κ1) is 24.6. The fourth-order valence-electron chi connectivity index (χ4n) is 4.10. The van der Waals surface area contributed by atoms with Gasteiger partial charge in [0, 0.05) is 31.9 Å². The summed E-state index contributed by atoms with van der Waals surface area (Å²) in [6, 6.07) is 10.5. The van der Waals surface area contributed by atoms with Crippen LogP contribution in [0.3, 0.4) is 0 Å². The van der Waals surface area contributed by atoms with Gasteiger partial charge in [0.1, 0.15) is 17.9 Å². The van der Waals surface area contributed by atoms with E-state index >= 15 is 0 Å². The molecule has 2 aliphatic rings. The third-order valence-electron chi connectivity index (χ3n) is 5.97. The van der Waals surface area contributed by atoms with Gasteiger partial charge < -0.3 is 20.9 Å². The highest BCUT2D eigenvalue weighted by molar-refractivity contribution is 7.89. The molecule has 3 N–H and O–H groups in total. The molecule has 0 aromatic heterocycles. The second-order valence-electron chi connectivity index (χ2n) is 8.32. The number of halogens is 1. The Kier molecular flexibility index (Phi) is 7.31. The second-order valence-corrected chi connectivity index (χ2v) is 10.2. The number of carbonyl (C=O) groups excluding carboxylic acids is 3. The van der Waals surface area contributed by atoms with Gasteiger partial charge in [0.15, 0.2) is 0 Å². The molecule has 2 aromatic rings. The van der Waals surface area contributed by atoms with Gasteiger partial charge >= 0.3 is 6.03 Å². The van der Waals surface area contributed by atoms with E-state index in [0.717, 1.165) is 28.6 Å². The first-order valence-corrected chi connectivity index (χ1v) is 12.7. The average Bonchev–Trinajstić information content (AvgIpc) is 2.86. The lowest BCUT2D eigenvalue weighted by molar-refractivity contribution is -0.132. The van der Waals surface area contributed by atoms with Crippen molar-refractivity contribution < 1.29 is 27.2 Å². The minimum absolute atomic E-state index is 0.0345. The molecule has 0 spiro atoms. The number of benzene rings is 2. The highest BCUT2D eigenvalue weighted by Gasteiger charge is 2.42. The van der Waals surface area contributed by atoms with Gasteiger partial charge in [0.2, 0.25) is 21.8 Å². The van der Waals surface area contributed by atoms with E-state index in [2.05, 4.69) is 16.0 Å². The van der Waals surface area contributed by atoms with Crippen LogP contribution in [-0.2, 0) is 19.6 Å². The Balaban J connectivity index is 1.57. The lowest BCUT2D eigenvalue weighted by Crippen LogP contribution is -2.63. The molecule has 4 rings (SSSR count). The minimum Gasteiger partial charge on any atom is -0.354 e. The van der Waals surface area contributed by atoms with Crippen LogP contribution >= 0.6 is 0 Å². The van der Waals surface area contributed by atoms with Gasteiger partial charge in [-0.1, -0.05) is 18.2 Å². The van der Waals surface area contributed by atoms with Crippen LogP contribution in [0.5, 0.6) is 0 Å². The van der Waals surface area contributed by atoms with E-state index in [9.17, 15) is 27.2 Å². The molecule has 186 valence electrons. The summed E-state index contributed by atoms with van der Waals surface area (Å²) in [4.78, 5) is 39.5. The monoisotopic (exact) mass is 503 g/mol. The summed E-state index contributed by atoms with van der Waals surface area (Å²) in [6.07, 6.45) is 1.10. The van der Waals surface area contributed by atoms with Crippen LogP contribution < -0.4 is 16.0 Å². The zero-order valence-corrected chi connectivity index (χ0v) is 19.6. The maximum absolute atomic E-state index is 13.4. The Labute approximate surface area is 202 Å². The van der Waals surface area contributed by atoms with Gasteiger partial charge in [-0.3, -0.25) is 9.59 Å². The van der Waals surface area contributed by atoms with Gasteiger partial charge in [-0.2, -0.15) is 4.31 Å². The summed E-state index contributed by atoms with van der Waals surface area (Å²) in [7, 11) is -4.19. The van der Waals surface area contributed by atoms with Crippen molar-refractivity contribution in [3.8, 4) is 0 Å². The summed E-state index contributed by atoms with van der Waals surface area (Å²) < 4.78 is 41.1. The smallest absolute Gasteiger partial charge is 0.321 e. The lowest BCUT2D eigenvalue weighted by atomic mass is 10.1.